The van der Waals surface area contributed by atoms with Crippen LogP contribution in [-0.2, 0) is 49.7 Å². The van der Waals surface area contributed by atoms with Crippen LogP contribution in [0.15, 0.2) is 87.8 Å². The number of hydrogen-bond acceptors (Lipinski definition) is 10. The second-order valence-corrected chi connectivity index (χ2v) is 13.6. The van der Waals surface area contributed by atoms with Crippen LogP contribution < -0.4 is 29.6 Å². The van der Waals surface area contributed by atoms with Gasteiger partial charge in [0.2, 0.25) is 5.91 Å². The van der Waals surface area contributed by atoms with Crippen molar-refractivity contribution in [1.82, 2.24) is 10.6 Å². The molecule has 0 radical (unpaired) electrons. The number of carboxylic acids is 4. The van der Waals surface area contributed by atoms with Crippen molar-refractivity contribution in [1.29, 1.82) is 0 Å². The van der Waals surface area contributed by atoms with Crippen LogP contribution in [0.4, 0.5) is 0 Å². The third-order valence-corrected chi connectivity index (χ3v) is 9.04. The van der Waals surface area contributed by atoms with Crippen molar-refractivity contribution in [3.63, 3.8) is 0 Å². The van der Waals surface area contributed by atoms with Gasteiger partial charge in [0.15, 0.2) is 23.0 Å². The molecule has 0 aromatic heterocycles. The molecule has 314 valence electrons. The lowest BCUT2D eigenvalue weighted by molar-refractivity contribution is -0.159. The molecule has 0 bridgehead atoms. The molecule has 1 unspecified atom stereocenters. The van der Waals surface area contributed by atoms with Gasteiger partial charge in [0.25, 0.3) is 0 Å². The summed E-state index contributed by atoms with van der Waals surface area (Å²) in [6.07, 6.45) is 3.12. The van der Waals surface area contributed by atoms with E-state index < -0.39 is 23.9 Å². The highest BCUT2D eigenvalue weighted by Crippen LogP contribution is 2.36. The van der Waals surface area contributed by atoms with Crippen LogP contribution in [0.1, 0.15) is 41.3 Å². The highest BCUT2D eigenvalue weighted by Gasteiger charge is 2.23. The molecule has 0 aliphatic carbocycles. The zero-order valence-electron chi connectivity index (χ0n) is 31.5. The van der Waals surface area contributed by atoms with Crippen molar-refractivity contribution in [2.24, 2.45) is 0 Å². The number of halogens is 2. The molecule has 0 saturated carbocycles. The van der Waals surface area contributed by atoms with Gasteiger partial charge < -0.3 is 50.0 Å². The van der Waals surface area contributed by atoms with Gasteiger partial charge in [-0.05, 0) is 102 Å². The molecule has 0 saturated heterocycles. The van der Waals surface area contributed by atoms with Gasteiger partial charge in [-0.25, -0.2) is 19.2 Å². The van der Waals surface area contributed by atoms with Gasteiger partial charge in [0.1, 0.15) is 0 Å². The van der Waals surface area contributed by atoms with E-state index in [2.05, 4.69) is 78.9 Å². The van der Waals surface area contributed by atoms with Gasteiger partial charge in [-0.3, -0.25) is 4.79 Å². The Morgan fingerprint density at radius 2 is 1.09 bits per heavy atom. The molecule has 0 spiro atoms. The fourth-order valence-electron chi connectivity index (χ4n) is 5.24. The van der Waals surface area contributed by atoms with E-state index in [0.717, 1.165) is 57.4 Å². The van der Waals surface area contributed by atoms with E-state index in [4.69, 9.17) is 58.6 Å². The molecule has 15 nitrogen and oxygen atoms in total. The van der Waals surface area contributed by atoms with Crippen LogP contribution in [0.2, 0.25) is 0 Å². The van der Waals surface area contributed by atoms with Crippen LogP contribution in [0.5, 0.6) is 23.0 Å². The lowest BCUT2D eigenvalue weighted by Gasteiger charge is -2.28. The first kappa shape index (κ1) is 50.4. The van der Waals surface area contributed by atoms with Gasteiger partial charge in [-0.1, -0.05) is 69.6 Å². The Labute approximate surface area is 353 Å². The zero-order valence-corrected chi connectivity index (χ0v) is 34.7. The number of nitrogens with one attached hydrogen (secondary N) is 2. The summed E-state index contributed by atoms with van der Waals surface area (Å²) in [6, 6.07) is 26.6. The largest absolute Gasteiger partial charge is 0.493 e. The van der Waals surface area contributed by atoms with E-state index in [0.29, 0.717) is 30.5 Å². The van der Waals surface area contributed by atoms with E-state index in [9.17, 15) is 4.79 Å². The number of ether oxygens (including phenoxy) is 4. The Bertz CT molecular complexity index is 1910. The summed E-state index contributed by atoms with van der Waals surface area (Å²) in [5.41, 5.74) is 6.07. The summed E-state index contributed by atoms with van der Waals surface area (Å²) >= 11 is 6.87. The van der Waals surface area contributed by atoms with E-state index in [1.807, 2.05) is 42.5 Å². The number of carbonyl (C=O) groups is 5. The fourth-order valence-corrected chi connectivity index (χ4v) is 5.77. The Kier molecular flexibility index (Phi) is 22.8. The van der Waals surface area contributed by atoms with Gasteiger partial charge in [0.05, 0.1) is 34.9 Å². The lowest BCUT2D eigenvalue weighted by atomic mass is 9.90. The molecule has 1 heterocycles. The number of fused-ring (bicyclic) bond motifs is 1. The molecule has 1 aliphatic rings. The Morgan fingerprint density at radius 1 is 0.638 bits per heavy atom. The molecule has 5 rings (SSSR count). The third-order valence-electron chi connectivity index (χ3n) is 7.99. The highest BCUT2D eigenvalue weighted by molar-refractivity contribution is 9.10. The average Bonchev–Trinajstić information content (AvgIpc) is 3.19. The topological polar surface area (TPSA) is 227 Å². The number of aliphatic carboxylic acids is 4. The first-order chi connectivity index (χ1) is 27.1. The van der Waals surface area contributed by atoms with Crippen LogP contribution >= 0.6 is 31.9 Å². The van der Waals surface area contributed by atoms with Gasteiger partial charge in [0, 0.05) is 21.5 Å². The molecular weight excluding hydrogens is 888 g/mol. The van der Waals surface area contributed by atoms with Crippen molar-refractivity contribution in [2.75, 3.05) is 41.5 Å². The van der Waals surface area contributed by atoms with Crippen LogP contribution in [-0.4, -0.2) is 91.7 Å². The van der Waals surface area contributed by atoms with Crippen molar-refractivity contribution >= 4 is 61.6 Å². The van der Waals surface area contributed by atoms with Crippen LogP contribution in [0.3, 0.4) is 0 Å². The van der Waals surface area contributed by atoms with Crippen LogP contribution in [0.25, 0.3) is 0 Å². The number of methoxy groups -OCH3 is 4. The molecule has 0 fully saturated rings. The average molecular weight is 937 g/mol. The maximum Gasteiger partial charge on any atom is 0.414 e. The molecule has 1 atom stereocenters. The number of hydrogen-bond donors (Lipinski definition) is 6. The fraction of sp³-hybridized carbons (Fsp3) is 0.293. The molecule has 1 aliphatic heterocycles. The SMILES string of the molecule is C.COc1cc2c(cc1OC)C(Cc1ccc(Br)cc1)NCC2.COc1ccc(CCNC(=O)Cc2ccc(Br)cc2)cc1OC.O=C(O)C(=O)O.O=C(O)C(=O)O. The van der Waals surface area contributed by atoms with E-state index in [1.165, 1.54) is 16.7 Å². The second-order valence-electron chi connectivity index (χ2n) is 11.8. The van der Waals surface area contributed by atoms with Gasteiger partial charge in [-0.2, -0.15) is 0 Å². The molecule has 17 heteroatoms. The molecule has 1 amide bonds. The zero-order chi connectivity index (χ0) is 42.5. The Morgan fingerprint density at radius 3 is 1.57 bits per heavy atom. The lowest BCUT2D eigenvalue weighted by Crippen LogP contribution is -2.31. The maximum absolute atomic E-state index is 11.9. The minimum atomic E-state index is -1.82. The molecule has 4 aromatic rings. The first-order valence-corrected chi connectivity index (χ1v) is 18.6. The monoisotopic (exact) mass is 934 g/mol. The highest BCUT2D eigenvalue weighted by atomic mass is 79.9. The predicted molar refractivity (Wildman–Crippen MR) is 223 cm³/mol. The molecular formula is C41H48Br2N2O13. The van der Waals surface area contributed by atoms with E-state index in [-0.39, 0.29) is 13.3 Å². The van der Waals surface area contributed by atoms with Crippen LogP contribution in [0, 0.1) is 0 Å². The third kappa shape index (κ3) is 17.7. The number of carboxylic acid groups (broad SMARTS) is 4. The quantitative estimate of drug-likeness (QED) is 0.0920. The summed E-state index contributed by atoms with van der Waals surface area (Å²) in [5, 5.41) is 36.1. The van der Waals surface area contributed by atoms with Crippen molar-refractivity contribution in [2.45, 2.75) is 39.2 Å². The minimum Gasteiger partial charge on any atom is -0.493 e. The van der Waals surface area contributed by atoms with Gasteiger partial charge in [-0.15, -0.1) is 0 Å². The van der Waals surface area contributed by atoms with E-state index >= 15 is 0 Å². The molecule has 4 aromatic carbocycles. The summed E-state index contributed by atoms with van der Waals surface area (Å²) in [7, 11) is 6.59. The molecule has 6 N–H and O–H groups in total. The molecule has 58 heavy (non-hydrogen) atoms. The first-order valence-electron chi connectivity index (χ1n) is 17.0. The predicted octanol–water partition coefficient (Wildman–Crippen LogP) is 6.21. The van der Waals surface area contributed by atoms with Crippen molar-refractivity contribution in [3.8, 4) is 23.0 Å². The van der Waals surface area contributed by atoms with E-state index in [1.54, 1.807) is 28.4 Å². The number of carbonyl (C=O) groups excluding carboxylic acids is 1. The summed E-state index contributed by atoms with van der Waals surface area (Å²) in [6.45, 7) is 1.58. The smallest absolute Gasteiger partial charge is 0.414 e. The van der Waals surface area contributed by atoms with Crippen molar-refractivity contribution < 1.29 is 63.3 Å². The Hall–Kier alpha value is -5.65. The summed E-state index contributed by atoms with van der Waals surface area (Å²) in [5.74, 6) is -4.26. The normalized spacial score (nSPS) is 12.0. The number of amides is 1. The minimum absolute atomic E-state index is 0. The van der Waals surface area contributed by atoms with Crippen molar-refractivity contribution in [3.05, 3.63) is 116 Å². The second kappa shape index (κ2) is 26.3. The summed E-state index contributed by atoms with van der Waals surface area (Å²) in [4.78, 5) is 48.3. The van der Waals surface area contributed by atoms with Gasteiger partial charge >= 0.3 is 23.9 Å². The number of benzene rings is 4. The number of rotatable bonds is 11. The Balaban J connectivity index is 0.000000448. The maximum atomic E-state index is 11.9. The summed E-state index contributed by atoms with van der Waals surface area (Å²) < 4.78 is 23.5. The standard InChI is InChI=1S/C18H20BrNO3.C18H20BrNO2.2C2H2O4.CH4/c1-22-16-8-5-14(11-17(16)23-2)9-10-20-18(21)12-13-3-6-15(19)7-4-13;1-21-17-10-13-7-8-20-16(15(13)11-18(17)22-2)9-12-3-5-14(19)6-4-12;2*3-1(4)2(5)6;/h3-8,11H,9-10,12H2,1-2H3,(H,20,21);3-6,10-11,16,20H,7-9H2,1-2H3;2*(H,3,4)(H,5,6);1H4.